The Kier molecular flexibility index (Phi) is 4.99. The Balaban J connectivity index is 2.17. The monoisotopic (exact) mass is 289 g/mol. The minimum atomic E-state index is -0.991. The van der Waals surface area contributed by atoms with E-state index in [0.29, 0.717) is 11.5 Å². The fraction of sp³-hybridized carbons (Fsp3) is 0.529. The molecule has 1 N–H and O–H groups in total. The Morgan fingerprint density at radius 1 is 1.19 bits per heavy atom. The Morgan fingerprint density at radius 3 is 2.57 bits per heavy atom. The van der Waals surface area contributed by atoms with Crippen LogP contribution in [-0.4, -0.2) is 35.0 Å². The van der Waals surface area contributed by atoms with Gasteiger partial charge in [-0.15, -0.1) is 0 Å². The standard InChI is InChI=1S/C17H23NO3/c1-3-13-5-4-7-18(8-6-13)16(19)14-9-12(2)10-15(11-14)17(20)21/h9-11,13H,3-8H2,1-2H3,(H,20,21). The van der Waals surface area contributed by atoms with Crippen molar-refractivity contribution in [3.8, 4) is 0 Å². The van der Waals surface area contributed by atoms with Crippen molar-refractivity contribution in [3.05, 3.63) is 34.9 Å². The van der Waals surface area contributed by atoms with Gasteiger partial charge < -0.3 is 10.0 Å². The summed E-state index contributed by atoms with van der Waals surface area (Å²) in [5.41, 5.74) is 1.47. The molecule has 1 aliphatic rings. The van der Waals surface area contributed by atoms with Crippen LogP contribution in [0.15, 0.2) is 18.2 Å². The molecule has 1 fully saturated rings. The number of aryl methyl sites for hydroxylation is 1. The van der Waals surface area contributed by atoms with Crippen molar-refractivity contribution in [1.29, 1.82) is 0 Å². The second-order valence-electron chi connectivity index (χ2n) is 5.89. The van der Waals surface area contributed by atoms with Crippen LogP contribution in [0.5, 0.6) is 0 Å². The van der Waals surface area contributed by atoms with Gasteiger partial charge in [-0.05, 0) is 55.9 Å². The Labute approximate surface area is 125 Å². The molecular weight excluding hydrogens is 266 g/mol. The van der Waals surface area contributed by atoms with Gasteiger partial charge in [-0.25, -0.2) is 4.79 Å². The molecule has 114 valence electrons. The van der Waals surface area contributed by atoms with E-state index in [0.717, 1.165) is 37.9 Å². The number of aromatic carboxylic acids is 1. The van der Waals surface area contributed by atoms with Gasteiger partial charge in [-0.2, -0.15) is 0 Å². The predicted octanol–water partition coefficient (Wildman–Crippen LogP) is 3.35. The van der Waals surface area contributed by atoms with E-state index in [1.54, 1.807) is 12.1 Å². The first-order chi connectivity index (χ1) is 10.0. The lowest BCUT2D eigenvalue weighted by molar-refractivity contribution is 0.0696. The normalized spacial score (nSPS) is 19.1. The van der Waals surface area contributed by atoms with E-state index in [4.69, 9.17) is 5.11 Å². The van der Waals surface area contributed by atoms with Crippen molar-refractivity contribution in [2.24, 2.45) is 5.92 Å². The van der Waals surface area contributed by atoms with E-state index in [-0.39, 0.29) is 11.5 Å². The van der Waals surface area contributed by atoms with Crippen LogP contribution in [0, 0.1) is 12.8 Å². The van der Waals surface area contributed by atoms with Gasteiger partial charge in [0, 0.05) is 18.7 Å². The van der Waals surface area contributed by atoms with E-state index < -0.39 is 5.97 Å². The highest BCUT2D eigenvalue weighted by Crippen LogP contribution is 2.22. The van der Waals surface area contributed by atoms with Crippen molar-refractivity contribution in [3.63, 3.8) is 0 Å². The summed E-state index contributed by atoms with van der Waals surface area (Å²) in [5.74, 6) is -0.331. The molecule has 1 heterocycles. The minimum Gasteiger partial charge on any atom is -0.478 e. The van der Waals surface area contributed by atoms with Crippen molar-refractivity contribution < 1.29 is 14.7 Å². The molecule has 1 aromatic carbocycles. The summed E-state index contributed by atoms with van der Waals surface area (Å²) in [7, 11) is 0. The second-order valence-corrected chi connectivity index (χ2v) is 5.89. The molecular formula is C17H23NO3. The lowest BCUT2D eigenvalue weighted by Gasteiger charge is -2.21. The third kappa shape index (κ3) is 3.84. The molecule has 1 saturated heterocycles. The number of hydrogen-bond acceptors (Lipinski definition) is 2. The predicted molar refractivity (Wildman–Crippen MR) is 81.7 cm³/mol. The third-order valence-corrected chi connectivity index (χ3v) is 4.28. The number of carbonyl (C=O) groups excluding carboxylic acids is 1. The smallest absolute Gasteiger partial charge is 0.335 e. The number of carboxylic acids is 1. The van der Waals surface area contributed by atoms with Gasteiger partial charge in [0.15, 0.2) is 0 Å². The van der Waals surface area contributed by atoms with Crippen LogP contribution >= 0.6 is 0 Å². The van der Waals surface area contributed by atoms with E-state index in [9.17, 15) is 9.59 Å². The average Bonchev–Trinajstić information content (AvgIpc) is 2.71. The van der Waals surface area contributed by atoms with Gasteiger partial charge in [0.2, 0.25) is 0 Å². The first-order valence-corrected chi connectivity index (χ1v) is 7.65. The fourth-order valence-corrected chi connectivity index (χ4v) is 2.99. The van der Waals surface area contributed by atoms with E-state index >= 15 is 0 Å². The van der Waals surface area contributed by atoms with Gasteiger partial charge in [0.25, 0.3) is 5.91 Å². The number of likely N-dealkylation sites (tertiary alicyclic amines) is 1. The highest BCUT2D eigenvalue weighted by molar-refractivity contribution is 5.97. The number of rotatable bonds is 3. The zero-order valence-electron chi connectivity index (χ0n) is 12.8. The lowest BCUT2D eigenvalue weighted by atomic mass is 9.98. The summed E-state index contributed by atoms with van der Waals surface area (Å²) in [4.78, 5) is 25.6. The second kappa shape index (κ2) is 6.74. The van der Waals surface area contributed by atoms with Crippen molar-refractivity contribution in [1.82, 2.24) is 4.90 Å². The maximum absolute atomic E-state index is 12.6. The van der Waals surface area contributed by atoms with Crippen LogP contribution in [0.2, 0.25) is 0 Å². The van der Waals surface area contributed by atoms with Crippen LogP contribution < -0.4 is 0 Å². The van der Waals surface area contributed by atoms with E-state index in [2.05, 4.69) is 6.92 Å². The summed E-state index contributed by atoms with van der Waals surface area (Å²) in [6, 6.07) is 4.85. The minimum absolute atomic E-state index is 0.0436. The molecule has 1 aromatic rings. The van der Waals surface area contributed by atoms with Gasteiger partial charge in [0.1, 0.15) is 0 Å². The van der Waals surface area contributed by atoms with Gasteiger partial charge >= 0.3 is 5.97 Å². The van der Waals surface area contributed by atoms with Crippen LogP contribution in [0.4, 0.5) is 0 Å². The number of carboxylic acid groups (broad SMARTS) is 1. The first kappa shape index (κ1) is 15.5. The molecule has 0 spiro atoms. The van der Waals surface area contributed by atoms with Crippen molar-refractivity contribution >= 4 is 11.9 Å². The van der Waals surface area contributed by atoms with Crippen molar-refractivity contribution in [2.75, 3.05) is 13.1 Å². The maximum atomic E-state index is 12.6. The average molecular weight is 289 g/mol. The highest BCUT2D eigenvalue weighted by Gasteiger charge is 2.21. The number of amides is 1. The third-order valence-electron chi connectivity index (χ3n) is 4.28. The van der Waals surface area contributed by atoms with Gasteiger partial charge in [-0.1, -0.05) is 13.3 Å². The van der Waals surface area contributed by atoms with Gasteiger partial charge in [-0.3, -0.25) is 4.79 Å². The van der Waals surface area contributed by atoms with Crippen LogP contribution in [0.1, 0.15) is 58.9 Å². The summed E-state index contributed by atoms with van der Waals surface area (Å²) in [5, 5.41) is 9.11. The molecule has 21 heavy (non-hydrogen) atoms. The van der Waals surface area contributed by atoms with E-state index in [1.165, 1.54) is 12.5 Å². The first-order valence-electron chi connectivity index (χ1n) is 7.65. The molecule has 0 saturated carbocycles. The van der Waals surface area contributed by atoms with Crippen LogP contribution in [0.3, 0.4) is 0 Å². The topological polar surface area (TPSA) is 57.6 Å². The molecule has 1 unspecified atom stereocenters. The Bertz CT molecular complexity index is 539. The quantitative estimate of drug-likeness (QED) is 0.928. The van der Waals surface area contributed by atoms with E-state index in [1.807, 2.05) is 11.8 Å². The lowest BCUT2D eigenvalue weighted by Crippen LogP contribution is -2.32. The Morgan fingerprint density at radius 2 is 1.90 bits per heavy atom. The number of carbonyl (C=O) groups is 2. The Hall–Kier alpha value is -1.84. The number of hydrogen-bond donors (Lipinski definition) is 1. The molecule has 1 atom stereocenters. The molecule has 0 radical (unpaired) electrons. The van der Waals surface area contributed by atoms with Crippen LogP contribution in [-0.2, 0) is 0 Å². The molecule has 2 rings (SSSR count). The molecule has 1 amide bonds. The zero-order chi connectivity index (χ0) is 15.4. The SMILES string of the molecule is CCC1CCCN(C(=O)c2cc(C)cc(C(=O)O)c2)CC1. The largest absolute Gasteiger partial charge is 0.478 e. The molecule has 0 bridgehead atoms. The molecule has 0 aliphatic carbocycles. The summed E-state index contributed by atoms with van der Waals surface area (Å²) < 4.78 is 0. The van der Waals surface area contributed by atoms with Crippen LogP contribution in [0.25, 0.3) is 0 Å². The summed E-state index contributed by atoms with van der Waals surface area (Å²) >= 11 is 0. The molecule has 0 aromatic heterocycles. The zero-order valence-corrected chi connectivity index (χ0v) is 12.8. The van der Waals surface area contributed by atoms with Gasteiger partial charge in [0.05, 0.1) is 5.56 Å². The fourth-order valence-electron chi connectivity index (χ4n) is 2.99. The summed E-state index contributed by atoms with van der Waals surface area (Å²) in [6.45, 7) is 5.56. The molecule has 4 nitrogen and oxygen atoms in total. The molecule has 1 aliphatic heterocycles. The number of benzene rings is 1. The molecule has 4 heteroatoms. The summed E-state index contributed by atoms with van der Waals surface area (Å²) in [6.07, 6.45) is 4.41. The number of nitrogens with zero attached hydrogens (tertiary/aromatic N) is 1. The van der Waals surface area contributed by atoms with Crippen molar-refractivity contribution in [2.45, 2.75) is 39.5 Å². The maximum Gasteiger partial charge on any atom is 0.335 e. The highest BCUT2D eigenvalue weighted by atomic mass is 16.4.